The average molecular weight is 441 g/mol. The van der Waals surface area contributed by atoms with Crippen LogP contribution in [0.2, 0.25) is 0 Å². The molecular formula is C24H28N2O4S. The first-order chi connectivity index (χ1) is 15.1. The quantitative estimate of drug-likeness (QED) is 0.506. The van der Waals surface area contributed by atoms with Crippen molar-refractivity contribution in [3.8, 4) is 11.5 Å². The normalized spacial score (nSPS) is 17.4. The van der Waals surface area contributed by atoms with Crippen LogP contribution in [0.3, 0.4) is 0 Å². The highest BCUT2D eigenvalue weighted by Crippen LogP contribution is 2.38. The fraction of sp³-hybridized carbons (Fsp3) is 0.333. The van der Waals surface area contributed by atoms with Gasteiger partial charge in [0.15, 0.2) is 16.7 Å². The van der Waals surface area contributed by atoms with E-state index in [1.807, 2.05) is 61.5 Å². The van der Waals surface area contributed by atoms with E-state index in [1.54, 1.807) is 19.1 Å². The molecule has 1 aliphatic heterocycles. The third-order valence-corrected chi connectivity index (χ3v) is 5.80. The van der Waals surface area contributed by atoms with Gasteiger partial charge >= 0.3 is 0 Å². The van der Waals surface area contributed by atoms with Gasteiger partial charge in [-0.15, -0.1) is 0 Å². The van der Waals surface area contributed by atoms with Gasteiger partial charge in [0.05, 0.1) is 37.0 Å². The lowest BCUT2D eigenvalue weighted by atomic mass is 10.1. The Kier molecular flexibility index (Phi) is 8.14. The Morgan fingerprint density at radius 3 is 2.58 bits per heavy atom. The molecule has 7 heteroatoms. The smallest absolute Gasteiger partial charge is 0.266 e. The van der Waals surface area contributed by atoms with E-state index in [2.05, 4.69) is 11.9 Å². The zero-order chi connectivity index (χ0) is 22.2. The van der Waals surface area contributed by atoms with Crippen molar-refractivity contribution in [2.24, 2.45) is 4.99 Å². The van der Waals surface area contributed by atoms with E-state index in [0.717, 1.165) is 17.7 Å². The topological polar surface area (TPSA) is 60.4 Å². The number of hydrogen-bond acceptors (Lipinski definition) is 6. The summed E-state index contributed by atoms with van der Waals surface area (Å²) in [5.41, 5.74) is 1.59. The van der Waals surface area contributed by atoms with Gasteiger partial charge in [0.25, 0.3) is 5.91 Å². The number of para-hydroxylation sites is 2. The number of amidine groups is 1. The SMILES string of the molecule is CC[C@@H](C)Oc1c(/C=C2/SC(=Nc3ccccc3)N(CCOC)C2=O)cccc1OC. The van der Waals surface area contributed by atoms with E-state index in [0.29, 0.717) is 34.7 Å². The van der Waals surface area contributed by atoms with Gasteiger partial charge in [0, 0.05) is 12.7 Å². The van der Waals surface area contributed by atoms with Crippen LogP contribution >= 0.6 is 11.8 Å². The molecule has 0 aromatic heterocycles. The molecule has 1 aliphatic rings. The fourth-order valence-corrected chi connectivity index (χ4v) is 3.96. The van der Waals surface area contributed by atoms with Crippen molar-refractivity contribution in [1.29, 1.82) is 0 Å². The maximum Gasteiger partial charge on any atom is 0.266 e. The molecule has 0 radical (unpaired) electrons. The van der Waals surface area contributed by atoms with Crippen molar-refractivity contribution in [3.05, 3.63) is 59.0 Å². The number of amides is 1. The first kappa shape index (κ1) is 22.9. The van der Waals surface area contributed by atoms with Crippen LogP contribution < -0.4 is 9.47 Å². The van der Waals surface area contributed by atoms with E-state index in [1.165, 1.54) is 11.8 Å². The molecule has 0 aliphatic carbocycles. The molecule has 1 amide bonds. The average Bonchev–Trinajstić information content (AvgIpc) is 3.07. The standard InChI is InChI=1S/C24H28N2O4S/c1-5-17(2)30-22-18(10-9-13-20(22)29-4)16-21-23(27)26(14-15-28-3)24(31-21)25-19-11-7-6-8-12-19/h6-13,16-17H,5,14-15H2,1-4H3/b21-16+,25-24?/t17-/m1/s1. The van der Waals surface area contributed by atoms with E-state index >= 15 is 0 Å². The molecule has 1 atom stereocenters. The Balaban J connectivity index is 1.99. The summed E-state index contributed by atoms with van der Waals surface area (Å²) >= 11 is 1.35. The Bertz CT molecular complexity index is 959. The van der Waals surface area contributed by atoms with Crippen LogP contribution in [0, 0.1) is 0 Å². The highest BCUT2D eigenvalue weighted by Gasteiger charge is 2.33. The molecule has 31 heavy (non-hydrogen) atoms. The summed E-state index contributed by atoms with van der Waals surface area (Å²) in [6, 6.07) is 15.3. The monoisotopic (exact) mass is 440 g/mol. The Morgan fingerprint density at radius 1 is 1.13 bits per heavy atom. The maximum absolute atomic E-state index is 13.2. The van der Waals surface area contributed by atoms with Crippen LogP contribution in [-0.2, 0) is 9.53 Å². The lowest BCUT2D eigenvalue weighted by molar-refractivity contribution is -0.122. The van der Waals surface area contributed by atoms with Crippen molar-refractivity contribution >= 4 is 34.6 Å². The number of aliphatic imine (C=N–C) groups is 1. The highest BCUT2D eigenvalue weighted by molar-refractivity contribution is 8.18. The molecule has 3 rings (SSSR count). The second-order valence-electron chi connectivity index (χ2n) is 7.01. The first-order valence-corrected chi connectivity index (χ1v) is 11.1. The van der Waals surface area contributed by atoms with E-state index in [-0.39, 0.29) is 12.0 Å². The minimum Gasteiger partial charge on any atom is -0.493 e. The van der Waals surface area contributed by atoms with Gasteiger partial charge in [0.1, 0.15) is 0 Å². The second kappa shape index (κ2) is 11.0. The lowest BCUT2D eigenvalue weighted by Gasteiger charge is -2.18. The third kappa shape index (κ3) is 5.68. The summed E-state index contributed by atoms with van der Waals surface area (Å²) in [5, 5.41) is 0.631. The number of ether oxygens (including phenoxy) is 3. The third-order valence-electron chi connectivity index (χ3n) is 4.80. The van der Waals surface area contributed by atoms with E-state index in [9.17, 15) is 4.79 Å². The van der Waals surface area contributed by atoms with Gasteiger partial charge in [-0.3, -0.25) is 9.69 Å². The van der Waals surface area contributed by atoms with E-state index in [4.69, 9.17) is 14.2 Å². The lowest BCUT2D eigenvalue weighted by Crippen LogP contribution is -2.32. The van der Waals surface area contributed by atoms with Gasteiger partial charge in [-0.1, -0.05) is 37.3 Å². The van der Waals surface area contributed by atoms with E-state index < -0.39 is 0 Å². The minimum absolute atomic E-state index is 0.0220. The predicted molar refractivity (Wildman–Crippen MR) is 126 cm³/mol. The van der Waals surface area contributed by atoms with Gasteiger partial charge in [-0.25, -0.2) is 4.99 Å². The molecule has 2 aromatic rings. The molecule has 0 bridgehead atoms. The van der Waals surface area contributed by atoms with Gasteiger partial charge in [0.2, 0.25) is 0 Å². The summed E-state index contributed by atoms with van der Waals surface area (Å²) in [6.45, 7) is 4.93. The second-order valence-corrected chi connectivity index (χ2v) is 8.01. The molecule has 0 N–H and O–H groups in total. The number of hydrogen-bond donors (Lipinski definition) is 0. The van der Waals surface area contributed by atoms with Crippen LogP contribution in [0.4, 0.5) is 5.69 Å². The first-order valence-electron chi connectivity index (χ1n) is 10.2. The van der Waals surface area contributed by atoms with Crippen LogP contribution in [-0.4, -0.2) is 49.4 Å². The molecule has 164 valence electrons. The summed E-state index contributed by atoms with van der Waals surface area (Å²) in [7, 11) is 3.23. The number of thioether (sulfide) groups is 1. The van der Waals surface area contributed by atoms with Gasteiger partial charge in [-0.2, -0.15) is 0 Å². The summed E-state index contributed by atoms with van der Waals surface area (Å²) < 4.78 is 16.8. The molecule has 1 saturated heterocycles. The number of nitrogens with zero attached hydrogens (tertiary/aromatic N) is 2. The van der Waals surface area contributed by atoms with Crippen LogP contribution in [0.5, 0.6) is 11.5 Å². The van der Waals surface area contributed by atoms with Crippen molar-refractivity contribution in [3.63, 3.8) is 0 Å². The predicted octanol–water partition coefficient (Wildman–Crippen LogP) is 5.12. The summed E-state index contributed by atoms with van der Waals surface area (Å²) in [6.07, 6.45) is 2.73. The number of carbonyl (C=O) groups excluding carboxylic acids is 1. The molecule has 1 fully saturated rings. The molecule has 1 heterocycles. The number of methoxy groups -OCH3 is 2. The van der Waals surface area contributed by atoms with Crippen molar-refractivity contribution in [1.82, 2.24) is 4.90 Å². The van der Waals surface area contributed by atoms with Crippen LogP contribution in [0.25, 0.3) is 6.08 Å². The van der Waals surface area contributed by atoms with Crippen molar-refractivity contribution < 1.29 is 19.0 Å². The van der Waals surface area contributed by atoms with Crippen molar-refractivity contribution in [2.75, 3.05) is 27.4 Å². The number of rotatable bonds is 9. The molecule has 2 aromatic carbocycles. The van der Waals surface area contributed by atoms with Gasteiger partial charge < -0.3 is 14.2 Å². The Morgan fingerprint density at radius 2 is 1.90 bits per heavy atom. The van der Waals surface area contributed by atoms with Crippen molar-refractivity contribution in [2.45, 2.75) is 26.4 Å². The molecule has 6 nitrogen and oxygen atoms in total. The Labute approximate surface area is 187 Å². The van der Waals surface area contributed by atoms with Gasteiger partial charge in [-0.05, 0) is 49.4 Å². The zero-order valence-electron chi connectivity index (χ0n) is 18.3. The minimum atomic E-state index is -0.103. The maximum atomic E-state index is 13.2. The fourth-order valence-electron chi connectivity index (χ4n) is 2.94. The zero-order valence-corrected chi connectivity index (χ0v) is 19.1. The Hall–Kier alpha value is -2.77. The molecular weight excluding hydrogens is 412 g/mol. The highest BCUT2D eigenvalue weighted by atomic mass is 32.2. The molecule has 0 unspecified atom stereocenters. The largest absolute Gasteiger partial charge is 0.493 e. The number of benzene rings is 2. The van der Waals surface area contributed by atoms with Crippen LogP contribution in [0.1, 0.15) is 25.8 Å². The summed E-state index contributed by atoms with van der Waals surface area (Å²) in [4.78, 5) is 20.1. The summed E-state index contributed by atoms with van der Waals surface area (Å²) in [5.74, 6) is 1.17. The molecule has 0 spiro atoms. The van der Waals surface area contributed by atoms with Crippen LogP contribution in [0.15, 0.2) is 58.4 Å². The number of carbonyl (C=O) groups is 1. The molecule has 0 saturated carbocycles.